The molecule has 0 aliphatic rings. The smallest absolute Gasteiger partial charge is 0.126 e. The lowest BCUT2D eigenvalue weighted by molar-refractivity contribution is 0.319. The topological polar surface area (TPSA) is 21.3 Å². The Morgan fingerprint density at radius 3 is 2.79 bits per heavy atom. The molecular formula is C10H13BBrNO. The summed E-state index contributed by atoms with van der Waals surface area (Å²) in [7, 11) is 7.71. The van der Waals surface area contributed by atoms with Crippen molar-refractivity contribution in [1.29, 1.82) is 0 Å². The van der Waals surface area contributed by atoms with Crippen LogP contribution in [0.5, 0.6) is 5.75 Å². The van der Waals surface area contributed by atoms with Gasteiger partial charge in [0.1, 0.15) is 20.2 Å². The summed E-state index contributed by atoms with van der Waals surface area (Å²) >= 11 is 3.42. The van der Waals surface area contributed by atoms with Gasteiger partial charge in [-0.2, -0.15) is 0 Å². The second-order valence-electron chi connectivity index (χ2n) is 3.12. The van der Waals surface area contributed by atoms with Crippen LogP contribution in [0, 0.1) is 6.92 Å². The highest BCUT2D eigenvalue weighted by molar-refractivity contribution is 9.10. The molecular weight excluding hydrogens is 241 g/mol. The molecule has 0 aliphatic carbocycles. The van der Waals surface area contributed by atoms with Crippen molar-refractivity contribution in [3.05, 3.63) is 22.2 Å². The monoisotopic (exact) mass is 253 g/mol. The maximum absolute atomic E-state index is 5.83. The van der Waals surface area contributed by atoms with Crippen LogP contribution in [0.1, 0.15) is 5.56 Å². The van der Waals surface area contributed by atoms with E-state index in [1.54, 1.807) is 0 Å². The average Bonchev–Trinajstić information content (AvgIpc) is 2.09. The van der Waals surface area contributed by atoms with Gasteiger partial charge in [0.15, 0.2) is 0 Å². The van der Waals surface area contributed by atoms with Crippen molar-refractivity contribution in [3.63, 3.8) is 0 Å². The van der Waals surface area contributed by atoms with Gasteiger partial charge in [-0.25, -0.2) is 0 Å². The normalized spacial score (nSPS) is 10.2. The minimum atomic E-state index is 0.613. The van der Waals surface area contributed by atoms with Gasteiger partial charge in [0.05, 0.1) is 4.47 Å². The van der Waals surface area contributed by atoms with Gasteiger partial charge in [0, 0.05) is 6.54 Å². The van der Waals surface area contributed by atoms with Gasteiger partial charge in [-0.05, 0) is 36.0 Å². The number of ether oxygens (including phenoxy) is 1. The van der Waals surface area contributed by atoms with E-state index in [1.807, 2.05) is 26.1 Å². The molecule has 0 unspecified atom stereocenters. The largest absolute Gasteiger partial charge is 0.492 e. The highest BCUT2D eigenvalue weighted by Gasteiger charge is 2.04. The summed E-state index contributed by atoms with van der Waals surface area (Å²) < 4.78 is 6.44. The Morgan fingerprint density at radius 1 is 1.50 bits per heavy atom. The number of hydrogen-bond acceptors (Lipinski definition) is 2. The van der Waals surface area contributed by atoms with Crippen LogP contribution in [0.4, 0.5) is 0 Å². The maximum Gasteiger partial charge on any atom is 0.126 e. The van der Waals surface area contributed by atoms with E-state index < -0.39 is 0 Å². The third-order valence-corrected chi connectivity index (χ3v) is 2.40. The van der Waals surface area contributed by atoms with Crippen LogP contribution >= 0.6 is 15.9 Å². The first-order chi connectivity index (χ1) is 6.65. The van der Waals surface area contributed by atoms with E-state index in [2.05, 4.69) is 21.2 Å². The van der Waals surface area contributed by atoms with Crippen LogP contribution < -0.4 is 15.5 Å². The van der Waals surface area contributed by atoms with Crippen LogP contribution in [0.3, 0.4) is 0 Å². The quantitative estimate of drug-likeness (QED) is 0.642. The van der Waals surface area contributed by atoms with E-state index in [0.717, 1.165) is 22.3 Å². The van der Waals surface area contributed by atoms with Crippen molar-refractivity contribution < 1.29 is 4.74 Å². The van der Waals surface area contributed by atoms with Gasteiger partial charge < -0.3 is 10.1 Å². The van der Waals surface area contributed by atoms with E-state index in [1.165, 1.54) is 0 Å². The number of hydrogen-bond donors (Lipinski definition) is 1. The van der Waals surface area contributed by atoms with Crippen LogP contribution in [0.15, 0.2) is 16.6 Å². The van der Waals surface area contributed by atoms with Gasteiger partial charge in [0.25, 0.3) is 0 Å². The summed E-state index contributed by atoms with van der Waals surface area (Å²) in [6.07, 6.45) is 0. The van der Waals surface area contributed by atoms with E-state index in [0.29, 0.717) is 12.1 Å². The summed E-state index contributed by atoms with van der Waals surface area (Å²) in [5.74, 6) is 0.728. The Kier molecular flexibility index (Phi) is 4.49. The van der Waals surface area contributed by atoms with Gasteiger partial charge in [-0.1, -0.05) is 17.1 Å². The second-order valence-corrected chi connectivity index (χ2v) is 3.97. The third-order valence-electron chi connectivity index (χ3n) is 1.82. The number of aryl methyl sites for hydroxylation is 1. The maximum atomic E-state index is 5.83. The van der Waals surface area contributed by atoms with Crippen LogP contribution in [0.2, 0.25) is 0 Å². The van der Waals surface area contributed by atoms with Gasteiger partial charge >= 0.3 is 0 Å². The molecule has 0 saturated carbocycles. The Morgan fingerprint density at radius 2 is 2.21 bits per heavy atom. The molecule has 1 aromatic carbocycles. The molecule has 0 saturated heterocycles. The van der Waals surface area contributed by atoms with Crippen molar-refractivity contribution in [2.24, 2.45) is 0 Å². The van der Waals surface area contributed by atoms with Crippen LogP contribution in [-0.2, 0) is 0 Å². The van der Waals surface area contributed by atoms with E-state index in [4.69, 9.17) is 12.6 Å². The fraction of sp³-hybridized carbons (Fsp3) is 0.400. The molecule has 0 aromatic heterocycles. The molecule has 4 heteroatoms. The molecule has 0 amide bonds. The number of benzene rings is 1. The van der Waals surface area contributed by atoms with Crippen molar-refractivity contribution in [2.45, 2.75) is 6.92 Å². The van der Waals surface area contributed by atoms with E-state index >= 15 is 0 Å². The van der Waals surface area contributed by atoms with Gasteiger partial charge in [0.2, 0.25) is 0 Å². The molecule has 1 N–H and O–H groups in total. The predicted molar refractivity (Wildman–Crippen MR) is 63.7 cm³/mol. The Bertz CT molecular complexity index is 294. The third kappa shape index (κ3) is 3.03. The lowest BCUT2D eigenvalue weighted by atomic mass is 9.93. The van der Waals surface area contributed by atoms with Crippen molar-refractivity contribution in [3.8, 4) is 5.75 Å². The summed E-state index contributed by atoms with van der Waals surface area (Å²) in [4.78, 5) is 0. The highest BCUT2D eigenvalue weighted by atomic mass is 79.9. The first-order valence-corrected chi connectivity index (χ1v) is 5.27. The molecule has 0 heterocycles. The SMILES string of the molecule is [B]c1cc(C)cc(Br)c1OCCNC. The molecule has 0 fully saturated rings. The van der Waals surface area contributed by atoms with Crippen LogP contribution in [-0.4, -0.2) is 28.0 Å². The van der Waals surface area contributed by atoms with Gasteiger partial charge in [-0.3, -0.25) is 0 Å². The molecule has 0 atom stereocenters. The zero-order valence-electron chi connectivity index (χ0n) is 8.43. The fourth-order valence-corrected chi connectivity index (χ4v) is 1.87. The Labute approximate surface area is 94.6 Å². The molecule has 1 aromatic rings. The minimum Gasteiger partial charge on any atom is -0.492 e. The summed E-state index contributed by atoms with van der Waals surface area (Å²) in [6.45, 7) is 3.42. The summed E-state index contributed by atoms with van der Waals surface area (Å²) in [5.41, 5.74) is 1.79. The number of likely N-dealkylation sites (N-methyl/N-ethyl adjacent to an activating group) is 1. The molecule has 0 aliphatic heterocycles. The first kappa shape index (κ1) is 11.6. The zero-order chi connectivity index (χ0) is 10.6. The lowest BCUT2D eigenvalue weighted by Gasteiger charge is -2.12. The molecule has 2 radical (unpaired) electrons. The predicted octanol–water partition coefficient (Wildman–Crippen LogP) is 1.15. The molecule has 0 spiro atoms. The molecule has 0 bridgehead atoms. The van der Waals surface area contributed by atoms with Crippen molar-refractivity contribution in [2.75, 3.05) is 20.2 Å². The molecule has 2 nitrogen and oxygen atoms in total. The fourth-order valence-electron chi connectivity index (χ4n) is 1.16. The van der Waals surface area contributed by atoms with Crippen molar-refractivity contribution in [1.82, 2.24) is 5.32 Å². The summed E-state index contributed by atoms with van der Waals surface area (Å²) in [6, 6.07) is 3.89. The molecule has 1 rings (SSSR count). The first-order valence-electron chi connectivity index (χ1n) is 4.48. The molecule has 14 heavy (non-hydrogen) atoms. The lowest BCUT2D eigenvalue weighted by Crippen LogP contribution is -2.19. The Hall–Kier alpha value is -0.475. The summed E-state index contributed by atoms with van der Waals surface area (Å²) in [5, 5.41) is 3.01. The second kappa shape index (κ2) is 5.42. The average molecular weight is 254 g/mol. The van der Waals surface area contributed by atoms with E-state index in [9.17, 15) is 0 Å². The minimum absolute atomic E-state index is 0.613. The standard InChI is InChI=1S/C10H13BBrNO/c1-7-5-8(11)10(9(12)6-7)14-4-3-13-2/h5-6,13H,3-4H2,1-2H3. The van der Waals surface area contributed by atoms with E-state index in [-0.39, 0.29) is 0 Å². The van der Waals surface area contributed by atoms with Crippen molar-refractivity contribution >= 4 is 29.2 Å². The highest BCUT2D eigenvalue weighted by Crippen LogP contribution is 2.23. The Balaban J connectivity index is 2.75. The van der Waals surface area contributed by atoms with Crippen LogP contribution in [0.25, 0.3) is 0 Å². The number of rotatable bonds is 4. The zero-order valence-corrected chi connectivity index (χ0v) is 10.0. The number of nitrogens with one attached hydrogen (secondary N) is 1. The van der Waals surface area contributed by atoms with Gasteiger partial charge in [-0.15, -0.1) is 0 Å². The molecule has 74 valence electrons. The number of halogens is 1.